The number of furan rings is 1. The Morgan fingerprint density at radius 1 is 1.03 bits per heavy atom. The highest BCUT2D eigenvalue weighted by Gasteiger charge is 2.12. The molecular formula is C29H27ClFN4O3P. The van der Waals surface area contributed by atoms with Gasteiger partial charge >= 0.3 is 0 Å². The largest absolute Gasteiger partial charge is 0.487 e. The van der Waals surface area contributed by atoms with E-state index in [1.807, 2.05) is 36.4 Å². The Labute approximate surface area is 230 Å². The molecule has 0 atom stereocenters. The Balaban J connectivity index is 1.31. The summed E-state index contributed by atoms with van der Waals surface area (Å²) in [7, 11) is -2.14. The topological polar surface area (TPSA) is 89.3 Å². The van der Waals surface area contributed by atoms with Crippen LogP contribution in [0.25, 0.3) is 22.2 Å². The molecule has 5 rings (SSSR count). The van der Waals surface area contributed by atoms with Gasteiger partial charge in [0.2, 0.25) is 0 Å². The smallest absolute Gasteiger partial charge is 0.141 e. The van der Waals surface area contributed by atoms with Crippen molar-refractivity contribution in [2.45, 2.75) is 13.2 Å². The molecule has 5 aromatic rings. The third kappa shape index (κ3) is 7.03. The first kappa shape index (κ1) is 26.9. The Morgan fingerprint density at radius 2 is 1.90 bits per heavy atom. The lowest BCUT2D eigenvalue weighted by molar-refractivity contribution is 0.306. The fourth-order valence-electron chi connectivity index (χ4n) is 4.01. The lowest BCUT2D eigenvalue weighted by Gasteiger charge is -2.12. The quantitative estimate of drug-likeness (QED) is 0.168. The van der Waals surface area contributed by atoms with E-state index in [0.29, 0.717) is 40.7 Å². The van der Waals surface area contributed by atoms with Crippen LogP contribution in [0.15, 0.2) is 83.5 Å². The van der Waals surface area contributed by atoms with E-state index in [1.165, 1.54) is 18.5 Å². The third-order valence-electron chi connectivity index (χ3n) is 5.85. The molecule has 200 valence electrons. The highest BCUT2D eigenvalue weighted by atomic mass is 35.5. The van der Waals surface area contributed by atoms with Gasteiger partial charge in [0.25, 0.3) is 0 Å². The van der Waals surface area contributed by atoms with Crippen molar-refractivity contribution in [3.05, 3.63) is 101 Å². The zero-order valence-corrected chi connectivity index (χ0v) is 23.1. The number of hydrogen-bond acceptors (Lipinski definition) is 7. The van der Waals surface area contributed by atoms with Gasteiger partial charge in [0.15, 0.2) is 0 Å². The summed E-state index contributed by atoms with van der Waals surface area (Å²) in [6.45, 7) is 4.20. The minimum absolute atomic E-state index is 0.201. The number of rotatable bonds is 10. The maximum Gasteiger partial charge on any atom is 0.141 e. The van der Waals surface area contributed by atoms with Crippen LogP contribution >= 0.6 is 18.7 Å². The maximum absolute atomic E-state index is 13.4. The van der Waals surface area contributed by atoms with Gasteiger partial charge in [-0.2, -0.15) is 0 Å². The van der Waals surface area contributed by atoms with E-state index in [2.05, 4.69) is 20.6 Å². The molecule has 2 heterocycles. The van der Waals surface area contributed by atoms with Crippen LogP contribution in [0, 0.1) is 5.82 Å². The minimum Gasteiger partial charge on any atom is -0.487 e. The summed E-state index contributed by atoms with van der Waals surface area (Å²) in [6.07, 6.45) is 1.95. The van der Waals surface area contributed by atoms with Crippen molar-refractivity contribution in [1.82, 2.24) is 15.3 Å². The molecule has 0 fully saturated rings. The van der Waals surface area contributed by atoms with Crippen LogP contribution in [0.5, 0.6) is 5.75 Å². The Hall–Kier alpha value is -3.71. The molecule has 0 spiro atoms. The summed E-state index contributed by atoms with van der Waals surface area (Å²) in [5.74, 6) is 2.26. The maximum atomic E-state index is 13.4. The summed E-state index contributed by atoms with van der Waals surface area (Å²) in [5.41, 5.74) is 3.08. The lowest BCUT2D eigenvalue weighted by Crippen LogP contribution is -2.13. The number of benzene rings is 3. The highest BCUT2D eigenvalue weighted by Crippen LogP contribution is 2.34. The summed E-state index contributed by atoms with van der Waals surface area (Å²) < 4.78 is 37.1. The molecule has 0 saturated carbocycles. The van der Waals surface area contributed by atoms with Crippen molar-refractivity contribution in [2.75, 3.05) is 24.9 Å². The lowest BCUT2D eigenvalue weighted by atomic mass is 10.1. The number of nitrogens with one attached hydrogen (secondary N) is 2. The molecule has 0 aliphatic carbocycles. The van der Waals surface area contributed by atoms with Crippen molar-refractivity contribution in [3.63, 3.8) is 0 Å². The summed E-state index contributed by atoms with van der Waals surface area (Å²) in [5, 5.41) is 7.72. The number of ether oxygens (including phenoxy) is 1. The van der Waals surface area contributed by atoms with Crippen molar-refractivity contribution in [2.24, 2.45) is 0 Å². The zero-order chi connectivity index (χ0) is 27.4. The first-order valence-electron chi connectivity index (χ1n) is 12.3. The highest BCUT2D eigenvalue weighted by molar-refractivity contribution is 7.62. The van der Waals surface area contributed by atoms with Crippen LogP contribution in [-0.4, -0.2) is 29.6 Å². The molecule has 0 aliphatic heterocycles. The SMILES string of the molecule is CP(C)(=O)CNCc1ccc(-c2ccc3ncnc(Nc4ccc(OCc5cccc(F)c5)c(Cl)c4)c3c2)o1. The van der Waals surface area contributed by atoms with Crippen LogP contribution in [0.3, 0.4) is 0 Å². The molecule has 0 aliphatic rings. The molecule has 0 unspecified atom stereocenters. The second-order valence-corrected chi connectivity index (χ2v) is 13.4. The van der Waals surface area contributed by atoms with Gasteiger partial charge < -0.3 is 24.4 Å². The second-order valence-electron chi connectivity index (χ2n) is 9.57. The molecular weight excluding hydrogens is 538 g/mol. The van der Waals surface area contributed by atoms with Gasteiger partial charge in [-0.15, -0.1) is 0 Å². The number of hydrogen-bond donors (Lipinski definition) is 2. The van der Waals surface area contributed by atoms with Gasteiger partial charge in [-0.1, -0.05) is 23.7 Å². The standard InChI is InChI=1S/C29H27ClFN4O3P/c1-39(2,36)18-32-15-23-8-11-27(38-23)20-6-9-26-24(13-20)29(34-17-33-26)35-22-7-10-28(25(30)14-22)37-16-19-4-3-5-21(31)12-19/h3-14,17,32H,15-16,18H2,1-2H3,(H,33,34,35). The van der Waals surface area contributed by atoms with Gasteiger partial charge in [-0.05, 0) is 79.6 Å². The summed E-state index contributed by atoms with van der Waals surface area (Å²) in [6, 6.07) is 21.2. The zero-order valence-electron chi connectivity index (χ0n) is 21.4. The van der Waals surface area contributed by atoms with Crippen LogP contribution in [-0.2, 0) is 17.7 Å². The molecule has 2 aromatic heterocycles. The fourth-order valence-corrected chi connectivity index (χ4v) is 4.89. The van der Waals surface area contributed by atoms with E-state index < -0.39 is 7.14 Å². The van der Waals surface area contributed by atoms with Gasteiger partial charge in [-0.3, -0.25) is 0 Å². The Kier molecular flexibility index (Phi) is 7.98. The fraction of sp³-hybridized carbons (Fsp3) is 0.172. The van der Waals surface area contributed by atoms with Crippen molar-refractivity contribution < 1.29 is 18.1 Å². The van der Waals surface area contributed by atoms with E-state index in [9.17, 15) is 8.96 Å². The predicted octanol–water partition coefficient (Wildman–Crippen LogP) is 7.67. The molecule has 3 aromatic carbocycles. The predicted molar refractivity (Wildman–Crippen MR) is 154 cm³/mol. The van der Waals surface area contributed by atoms with Crippen LogP contribution in [0.4, 0.5) is 15.9 Å². The van der Waals surface area contributed by atoms with Crippen LogP contribution in [0.1, 0.15) is 11.3 Å². The van der Waals surface area contributed by atoms with Gasteiger partial charge in [0.1, 0.15) is 41.8 Å². The molecule has 0 bridgehead atoms. The Morgan fingerprint density at radius 3 is 2.69 bits per heavy atom. The first-order valence-corrected chi connectivity index (χ1v) is 15.4. The molecule has 39 heavy (non-hydrogen) atoms. The average Bonchev–Trinajstić information content (AvgIpc) is 3.36. The average molecular weight is 565 g/mol. The molecule has 0 radical (unpaired) electrons. The van der Waals surface area contributed by atoms with E-state index in [-0.39, 0.29) is 12.4 Å². The number of fused-ring (bicyclic) bond motifs is 1. The van der Waals surface area contributed by atoms with Gasteiger partial charge in [0.05, 0.1) is 24.2 Å². The van der Waals surface area contributed by atoms with Gasteiger partial charge in [0, 0.05) is 22.9 Å². The van der Waals surface area contributed by atoms with Crippen LogP contribution < -0.4 is 15.4 Å². The first-order chi connectivity index (χ1) is 18.7. The van der Waals surface area contributed by atoms with E-state index in [0.717, 1.165) is 27.9 Å². The molecule has 0 saturated heterocycles. The normalized spacial score (nSPS) is 11.6. The number of halogens is 2. The summed E-state index contributed by atoms with van der Waals surface area (Å²) >= 11 is 6.48. The number of anilines is 2. The van der Waals surface area contributed by atoms with E-state index in [1.54, 1.807) is 37.6 Å². The van der Waals surface area contributed by atoms with Crippen molar-refractivity contribution >= 4 is 41.2 Å². The minimum atomic E-state index is -2.14. The second kappa shape index (κ2) is 11.6. The molecule has 0 amide bonds. The van der Waals surface area contributed by atoms with Crippen LogP contribution in [0.2, 0.25) is 5.02 Å². The third-order valence-corrected chi connectivity index (χ3v) is 7.13. The van der Waals surface area contributed by atoms with E-state index in [4.69, 9.17) is 20.8 Å². The van der Waals surface area contributed by atoms with Crippen molar-refractivity contribution in [3.8, 4) is 17.1 Å². The molecule has 10 heteroatoms. The monoisotopic (exact) mass is 564 g/mol. The Bertz CT molecular complexity index is 1670. The number of nitrogens with zero attached hydrogens (tertiary/aromatic N) is 2. The molecule has 2 N–H and O–H groups in total. The number of aromatic nitrogens is 2. The summed E-state index contributed by atoms with van der Waals surface area (Å²) in [4.78, 5) is 8.83. The molecule has 7 nitrogen and oxygen atoms in total. The van der Waals surface area contributed by atoms with Crippen molar-refractivity contribution in [1.29, 1.82) is 0 Å². The van der Waals surface area contributed by atoms with E-state index >= 15 is 0 Å². The van der Waals surface area contributed by atoms with Gasteiger partial charge in [-0.25, -0.2) is 14.4 Å².